The van der Waals surface area contributed by atoms with E-state index in [0.29, 0.717) is 26.3 Å². The maximum Gasteiger partial charge on any atom is 0.304 e. The molecule has 0 saturated carbocycles. The fraction of sp³-hybridized carbons (Fsp3) is 0.462. The van der Waals surface area contributed by atoms with Gasteiger partial charge in [-0.25, -0.2) is 0 Å². The van der Waals surface area contributed by atoms with Crippen molar-refractivity contribution in [2.24, 2.45) is 0 Å². The summed E-state index contributed by atoms with van der Waals surface area (Å²) in [6.07, 6.45) is 0.129. The lowest BCUT2D eigenvalue weighted by molar-refractivity contribution is -0.136. The molecule has 0 aromatic heterocycles. The number of carboxylic acid groups (broad SMARTS) is 1. The highest BCUT2D eigenvalue weighted by Gasteiger charge is 2.13. The number of rotatable bonds is 5. The van der Waals surface area contributed by atoms with E-state index in [1.165, 1.54) is 0 Å². The zero-order valence-corrected chi connectivity index (χ0v) is 10.4. The fourth-order valence-electron chi connectivity index (χ4n) is 1.84. The molecule has 2 N–H and O–H groups in total. The second-order valence-corrected chi connectivity index (χ2v) is 4.24. The van der Waals surface area contributed by atoms with Crippen LogP contribution in [0.3, 0.4) is 0 Å². The van der Waals surface area contributed by atoms with Crippen LogP contribution < -0.4 is 14.8 Å². The molecule has 1 heterocycles. The Hall–Kier alpha value is -1.75. The first-order valence-electron chi connectivity index (χ1n) is 5.98. The predicted octanol–water partition coefficient (Wildman–Crippen LogP) is 1.33. The Morgan fingerprint density at radius 2 is 2.00 bits per heavy atom. The van der Waals surface area contributed by atoms with Crippen molar-refractivity contribution in [2.75, 3.05) is 19.8 Å². The summed E-state index contributed by atoms with van der Waals surface area (Å²) in [7, 11) is 0. The molecule has 5 nitrogen and oxygen atoms in total. The van der Waals surface area contributed by atoms with E-state index in [-0.39, 0.29) is 6.42 Å². The van der Waals surface area contributed by atoms with Crippen LogP contribution >= 0.6 is 0 Å². The van der Waals surface area contributed by atoms with Gasteiger partial charge in [0.2, 0.25) is 0 Å². The second kappa shape index (κ2) is 5.73. The molecule has 0 saturated heterocycles. The Bertz CT molecular complexity index is 445. The minimum atomic E-state index is -0.790. The van der Waals surface area contributed by atoms with Crippen LogP contribution in [-0.4, -0.2) is 30.8 Å². The monoisotopic (exact) mass is 251 g/mol. The molecule has 98 valence electrons. The van der Waals surface area contributed by atoms with Gasteiger partial charge in [0.15, 0.2) is 11.5 Å². The quantitative estimate of drug-likeness (QED) is 0.773. The Morgan fingerprint density at radius 3 is 2.67 bits per heavy atom. The minimum Gasteiger partial charge on any atom is -0.486 e. The van der Waals surface area contributed by atoms with Crippen LogP contribution in [0.1, 0.15) is 17.5 Å². The molecule has 1 aromatic carbocycles. The number of nitrogens with one attached hydrogen (secondary N) is 1. The van der Waals surface area contributed by atoms with Crippen LogP contribution in [0.4, 0.5) is 0 Å². The van der Waals surface area contributed by atoms with Gasteiger partial charge in [0.05, 0.1) is 6.42 Å². The predicted molar refractivity (Wildman–Crippen MR) is 66.1 cm³/mol. The van der Waals surface area contributed by atoms with E-state index in [4.69, 9.17) is 14.6 Å². The lowest BCUT2D eigenvalue weighted by Crippen LogP contribution is -2.19. The minimum absolute atomic E-state index is 0.129. The third-order valence-electron chi connectivity index (χ3n) is 2.83. The number of hydrogen-bond acceptors (Lipinski definition) is 4. The number of carbonyl (C=O) groups is 1. The molecule has 0 bridgehead atoms. The van der Waals surface area contributed by atoms with Gasteiger partial charge in [0, 0.05) is 13.1 Å². The Balaban J connectivity index is 1.97. The molecule has 0 fully saturated rings. The number of aryl methyl sites for hydroxylation is 1. The Labute approximate surface area is 106 Å². The average molecular weight is 251 g/mol. The largest absolute Gasteiger partial charge is 0.486 e. The van der Waals surface area contributed by atoms with E-state index in [9.17, 15) is 4.79 Å². The number of ether oxygens (including phenoxy) is 2. The lowest BCUT2D eigenvalue weighted by atomic mass is 10.1. The van der Waals surface area contributed by atoms with Gasteiger partial charge in [-0.05, 0) is 30.2 Å². The standard InChI is InChI=1S/C13H17NO4/c1-9-6-11-12(18-5-4-17-11)7-10(9)8-14-3-2-13(15)16/h6-7,14H,2-5,8H2,1H3,(H,15,16). The van der Waals surface area contributed by atoms with Gasteiger partial charge in [-0.2, -0.15) is 0 Å². The van der Waals surface area contributed by atoms with Gasteiger partial charge in [-0.15, -0.1) is 0 Å². The van der Waals surface area contributed by atoms with E-state index < -0.39 is 5.97 Å². The van der Waals surface area contributed by atoms with Crippen molar-refractivity contribution in [2.45, 2.75) is 19.9 Å². The summed E-state index contributed by atoms with van der Waals surface area (Å²) in [6, 6.07) is 3.92. The molecule has 0 unspecified atom stereocenters. The van der Waals surface area contributed by atoms with Gasteiger partial charge < -0.3 is 19.9 Å². The fourth-order valence-corrected chi connectivity index (χ4v) is 1.84. The molecule has 18 heavy (non-hydrogen) atoms. The first kappa shape index (κ1) is 12.7. The number of carboxylic acids is 1. The maximum atomic E-state index is 10.4. The lowest BCUT2D eigenvalue weighted by Gasteiger charge is -2.20. The van der Waals surface area contributed by atoms with Crippen molar-refractivity contribution in [3.63, 3.8) is 0 Å². The number of aliphatic carboxylic acids is 1. The van der Waals surface area contributed by atoms with E-state index in [1.807, 2.05) is 19.1 Å². The SMILES string of the molecule is Cc1cc2c(cc1CNCCC(=O)O)OCCO2. The average Bonchev–Trinajstić information content (AvgIpc) is 2.34. The molecule has 1 aromatic rings. The Kier molecular flexibility index (Phi) is 4.04. The van der Waals surface area contributed by atoms with Crippen molar-refractivity contribution in [3.8, 4) is 11.5 Å². The summed E-state index contributed by atoms with van der Waals surface area (Å²) >= 11 is 0. The van der Waals surface area contributed by atoms with E-state index in [1.54, 1.807) is 0 Å². The smallest absolute Gasteiger partial charge is 0.304 e. The summed E-state index contributed by atoms with van der Waals surface area (Å²) in [6.45, 7) is 4.26. The van der Waals surface area contributed by atoms with Crippen LogP contribution in [0, 0.1) is 6.92 Å². The first-order chi connectivity index (χ1) is 8.66. The van der Waals surface area contributed by atoms with Crippen LogP contribution in [0.5, 0.6) is 11.5 Å². The Morgan fingerprint density at radius 1 is 1.33 bits per heavy atom. The molecule has 2 rings (SSSR count). The summed E-state index contributed by atoms with van der Waals surface area (Å²) in [5, 5.41) is 11.7. The van der Waals surface area contributed by atoms with Crippen molar-refractivity contribution in [1.82, 2.24) is 5.32 Å². The van der Waals surface area contributed by atoms with E-state index in [2.05, 4.69) is 5.32 Å². The highest BCUT2D eigenvalue weighted by atomic mass is 16.6. The molecule has 1 aliphatic rings. The third kappa shape index (κ3) is 3.13. The zero-order valence-electron chi connectivity index (χ0n) is 10.4. The topological polar surface area (TPSA) is 67.8 Å². The van der Waals surface area contributed by atoms with Crippen molar-refractivity contribution < 1.29 is 19.4 Å². The molecule has 0 aliphatic carbocycles. The summed E-state index contributed by atoms with van der Waals surface area (Å²) in [4.78, 5) is 10.4. The van der Waals surface area contributed by atoms with Crippen molar-refractivity contribution in [3.05, 3.63) is 23.3 Å². The maximum absolute atomic E-state index is 10.4. The van der Waals surface area contributed by atoms with Gasteiger partial charge in [-0.1, -0.05) is 0 Å². The molecule has 0 radical (unpaired) electrons. The normalized spacial score (nSPS) is 13.4. The zero-order chi connectivity index (χ0) is 13.0. The van der Waals surface area contributed by atoms with Gasteiger partial charge in [0.1, 0.15) is 13.2 Å². The second-order valence-electron chi connectivity index (χ2n) is 4.24. The van der Waals surface area contributed by atoms with E-state index in [0.717, 1.165) is 22.6 Å². The molecule has 0 amide bonds. The van der Waals surface area contributed by atoms with Crippen molar-refractivity contribution >= 4 is 5.97 Å². The molecule has 0 atom stereocenters. The van der Waals surface area contributed by atoms with E-state index >= 15 is 0 Å². The first-order valence-corrected chi connectivity index (χ1v) is 5.98. The molecule has 5 heteroatoms. The molecule has 0 spiro atoms. The molecule has 1 aliphatic heterocycles. The third-order valence-corrected chi connectivity index (χ3v) is 2.83. The van der Waals surface area contributed by atoms with Gasteiger partial charge >= 0.3 is 5.97 Å². The number of benzene rings is 1. The van der Waals surface area contributed by atoms with Crippen LogP contribution in [-0.2, 0) is 11.3 Å². The van der Waals surface area contributed by atoms with Gasteiger partial charge in [-0.3, -0.25) is 4.79 Å². The van der Waals surface area contributed by atoms with Crippen LogP contribution in [0.15, 0.2) is 12.1 Å². The summed E-state index contributed by atoms with van der Waals surface area (Å²) in [5.74, 6) is 0.760. The van der Waals surface area contributed by atoms with Crippen molar-refractivity contribution in [1.29, 1.82) is 0 Å². The highest BCUT2D eigenvalue weighted by molar-refractivity contribution is 5.66. The molecular formula is C13H17NO4. The van der Waals surface area contributed by atoms with Gasteiger partial charge in [0.25, 0.3) is 0 Å². The number of hydrogen-bond donors (Lipinski definition) is 2. The highest BCUT2D eigenvalue weighted by Crippen LogP contribution is 2.32. The molecular weight excluding hydrogens is 234 g/mol. The van der Waals surface area contributed by atoms with Crippen LogP contribution in [0.2, 0.25) is 0 Å². The summed E-state index contributed by atoms with van der Waals surface area (Å²) in [5.41, 5.74) is 2.21. The van der Waals surface area contributed by atoms with Crippen LogP contribution in [0.25, 0.3) is 0 Å². The number of fused-ring (bicyclic) bond motifs is 1. The summed E-state index contributed by atoms with van der Waals surface area (Å²) < 4.78 is 11.0.